The number of carbonyl (C=O) groups excluding carboxylic acids is 2. The highest BCUT2D eigenvalue weighted by Gasteiger charge is 2.45. The SMILES string of the molecule is COc1ccc(N2C(=O)NC3CC(c4nc(-c5ccccc5)no4)CCC3C2=O)cc1. The maximum absolute atomic E-state index is 13.1. The Kier molecular flexibility index (Phi) is 4.89. The average molecular weight is 418 g/mol. The smallest absolute Gasteiger partial charge is 0.328 e. The minimum atomic E-state index is -0.410. The van der Waals surface area contributed by atoms with E-state index in [1.54, 1.807) is 31.4 Å². The van der Waals surface area contributed by atoms with Crippen LogP contribution in [0.5, 0.6) is 5.75 Å². The lowest BCUT2D eigenvalue weighted by molar-refractivity contribution is -0.124. The van der Waals surface area contributed by atoms with Crippen molar-refractivity contribution in [3.8, 4) is 17.1 Å². The molecule has 1 N–H and O–H groups in total. The Hall–Kier alpha value is -3.68. The monoisotopic (exact) mass is 418 g/mol. The van der Waals surface area contributed by atoms with Gasteiger partial charge in [-0.1, -0.05) is 35.5 Å². The van der Waals surface area contributed by atoms with E-state index in [1.165, 1.54) is 4.90 Å². The van der Waals surface area contributed by atoms with Crippen molar-refractivity contribution in [1.82, 2.24) is 15.5 Å². The molecule has 3 unspecified atom stereocenters. The molecule has 8 heteroatoms. The van der Waals surface area contributed by atoms with Crippen molar-refractivity contribution in [2.75, 3.05) is 12.0 Å². The number of fused-ring (bicyclic) bond motifs is 1. The van der Waals surface area contributed by atoms with E-state index in [0.29, 0.717) is 36.0 Å². The molecule has 3 atom stereocenters. The molecule has 1 aliphatic heterocycles. The van der Waals surface area contributed by atoms with Crippen LogP contribution in [0.4, 0.5) is 10.5 Å². The fraction of sp³-hybridized carbons (Fsp3) is 0.304. The number of methoxy groups -OCH3 is 1. The van der Waals surface area contributed by atoms with Crippen LogP contribution in [0.1, 0.15) is 31.1 Å². The minimum Gasteiger partial charge on any atom is -0.497 e. The Morgan fingerprint density at radius 2 is 1.84 bits per heavy atom. The first kappa shape index (κ1) is 19.3. The predicted molar refractivity (Wildman–Crippen MR) is 113 cm³/mol. The molecule has 1 saturated carbocycles. The zero-order chi connectivity index (χ0) is 21.4. The van der Waals surface area contributed by atoms with Crippen LogP contribution in [0.25, 0.3) is 11.4 Å². The second-order valence-electron chi connectivity index (χ2n) is 7.87. The fourth-order valence-corrected chi connectivity index (χ4v) is 4.42. The van der Waals surface area contributed by atoms with Gasteiger partial charge in [-0.25, -0.2) is 9.69 Å². The summed E-state index contributed by atoms with van der Waals surface area (Å²) in [4.78, 5) is 31.7. The van der Waals surface area contributed by atoms with Crippen molar-refractivity contribution in [3.05, 3.63) is 60.5 Å². The minimum absolute atomic E-state index is 0.00634. The van der Waals surface area contributed by atoms with Gasteiger partial charge in [0.2, 0.25) is 17.6 Å². The molecule has 3 aromatic rings. The van der Waals surface area contributed by atoms with E-state index in [2.05, 4.69) is 15.5 Å². The number of amides is 3. The van der Waals surface area contributed by atoms with Gasteiger partial charge < -0.3 is 14.6 Å². The molecule has 1 saturated heterocycles. The molecular weight excluding hydrogens is 396 g/mol. The summed E-state index contributed by atoms with van der Waals surface area (Å²) in [6.07, 6.45) is 1.98. The van der Waals surface area contributed by atoms with E-state index >= 15 is 0 Å². The summed E-state index contributed by atoms with van der Waals surface area (Å²) >= 11 is 0. The Morgan fingerprint density at radius 1 is 1.06 bits per heavy atom. The van der Waals surface area contributed by atoms with Gasteiger partial charge in [0.15, 0.2) is 0 Å². The topological polar surface area (TPSA) is 97.6 Å². The first-order valence-corrected chi connectivity index (χ1v) is 10.3. The van der Waals surface area contributed by atoms with E-state index in [1.807, 2.05) is 30.3 Å². The van der Waals surface area contributed by atoms with Crippen LogP contribution in [0, 0.1) is 5.92 Å². The number of rotatable bonds is 4. The van der Waals surface area contributed by atoms with Gasteiger partial charge in [-0.2, -0.15) is 4.98 Å². The summed E-state index contributed by atoms with van der Waals surface area (Å²) in [7, 11) is 1.57. The van der Waals surface area contributed by atoms with Gasteiger partial charge in [-0.05, 0) is 43.5 Å². The lowest BCUT2D eigenvalue weighted by Crippen LogP contribution is -2.61. The third-order valence-electron chi connectivity index (χ3n) is 6.05. The molecule has 2 fully saturated rings. The molecule has 0 bridgehead atoms. The zero-order valence-electron chi connectivity index (χ0n) is 17.0. The maximum atomic E-state index is 13.1. The molecule has 0 spiro atoms. The summed E-state index contributed by atoms with van der Waals surface area (Å²) in [5.41, 5.74) is 1.43. The predicted octanol–water partition coefficient (Wildman–Crippen LogP) is 3.75. The summed E-state index contributed by atoms with van der Waals surface area (Å²) in [6.45, 7) is 0. The van der Waals surface area contributed by atoms with E-state index in [0.717, 1.165) is 12.0 Å². The van der Waals surface area contributed by atoms with Crippen molar-refractivity contribution >= 4 is 17.6 Å². The Balaban J connectivity index is 1.31. The van der Waals surface area contributed by atoms with Gasteiger partial charge in [0, 0.05) is 17.5 Å². The number of aromatic nitrogens is 2. The first-order valence-electron chi connectivity index (χ1n) is 10.3. The highest BCUT2D eigenvalue weighted by molar-refractivity contribution is 6.17. The maximum Gasteiger partial charge on any atom is 0.328 e. The molecule has 0 radical (unpaired) electrons. The van der Waals surface area contributed by atoms with Crippen LogP contribution in [-0.4, -0.2) is 35.2 Å². The number of benzene rings is 2. The van der Waals surface area contributed by atoms with Crippen LogP contribution in [0.3, 0.4) is 0 Å². The normalized spacial score (nSPS) is 23.3. The van der Waals surface area contributed by atoms with Crippen LogP contribution in [0.2, 0.25) is 0 Å². The van der Waals surface area contributed by atoms with Gasteiger partial charge in [0.05, 0.1) is 18.7 Å². The Bertz CT molecular complexity index is 1100. The molecule has 1 aromatic heterocycles. The number of carbonyl (C=O) groups is 2. The Labute approximate surface area is 179 Å². The second kappa shape index (κ2) is 7.86. The van der Waals surface area contributed by atoms with Gasteiger partial charge in [-0.3, -0.25) is 4.79 Å². The molecule has 5 rings (SSSR count). The lowest BCUT2D eigenvalue weighted by Gasteiger charge is -2.41. The van der Waals surface area contributed by atoms with Crippen molar-refractivity contribution in [3.63, 3.8) is 0 Å². The van der Waals surface area contributed by atoms with E-state index in [-0.39, 0.29) is 23.8 Å². The lowest BCUT2D eigenvalue weighted by atomic mass is 9.76. The number of nitrogens with one attached hydrogen (secondary N) is 1. The van der Waals surface area contributed by atoms with Gasteiger partial charge >= 0.3 is 6.03 Å². The van der Waals surface area contributed by atoms with Crippen molar-refractivity contribution in [1.29, 1.82) is 0 Å². The molecule has 2 heterocycles. The van der Waals surface area contributed by atoms with Crippen LogP contribution in [0.15, 0.2) is 59.1 Å². The summed E-state index contributed by atoms with van der Waals surface area (Å²) in [6, 6.07) is 15.9. The molecule has 1 aliphatic carbocycles. The number of hydrogen-bond acceptors (Lipinski definition) is 6. The molecule has 2 aromatic carbocycles. The largest absolute Gasteiger partial charge is 0.497 e. The average Bonchev–Trinajstić information content (AvgIpc) is 3.30. The third-order valence-corrected chi connectivity index (χ3v) is 6.05. The number of ether oxygens (including phenoxy) is 1. The van der Waals surface area contributed by atoms with E-state index in [9.17, 15) is 9.59 Å². The van der Waals surface area contributed by atoms with Crippen LogP contribution in [-0.2, 0) is 4.79 Å². The van der Waals surface area contributed by atoms with Gasteiger partial charge in [-0.15, -0.1) is 0 Å². The van der Waals surface area contributed by atoms with Crippen LogP contribution < -0.4 is 15.0 Å². The number of urea groups is 1. The number of imide groups is 1. The number of nitrogens with zero attached hydrogens (tertiary/aromatic N) is 3. The van der Waals surface area contributed by atoms with Crippen molar-refractivity contribution < 1.29 is 18.8 Å². The standard InChI is InChI=1S/C23H22N4O4/c1-30-17-10-8-16(9-11-17)27-22(28)18-12-7-15(13-19(18)24-23(27)29)21-25-20(26-31-21)14-5-3-2-4-6-14/h2-6,8-11,15,18-19H,7,12-13H2,1H3,(H,24,29). The molecular formula is C23H22N4O4. The summed E-state index contributed by atoms with van der Waals surface area (Å²) < 4.78 is 10.7. The van der Waals surface area contributed by atoms with E-state index < -0.39 is 6.03 Å². The molecule has 8 nitrogen and oxygen atoms in total. The summed E-state index contributed by atoms with van der Waals surface area (Å²) in [5, 5.41) is 7.11. The van der Waals surface area contributed by atoms with Gasteiger partial charge in [0.1, 0.15) is 5.75 Å². The quantitative estimate of drug-likeness (QED) is 0.693. The third kappa shape index (κ3) is 3.54. The molecule has 158 valence electrons. The fourth-order valence-electron chi connectivity index (χ4n) is 4.42. The number of anilines is 1. The molecule has 3 amide bonds. The zero-order valence-corrected chi connectivity index (χ0v) is 17.0. The van der Waals surface area contributed by atoms with Gasteiger partial charge in [0.25, 0.3) is 0 Å². The highest BCUT2D eigenvalue weighted by Crippen LogP contribution is 2.39. The molecule has 31 heavy (non-hydrogen) atoms. The number of hydrogen-bond donors (Lipinski definition) is 1. The van der Waals surface area contributed by atoms with E-state index in [4.69, 9.17) is 9.26 Å². The first-order chi connectivity index (χ1) is 15.1. The van der Waals surface area contributed by atoms with Crippen LogP contribution >= 0.6 is 0 Å². The highest BCUT2D eigenvalue weighted by atomic mass is 16.5. The summed E-state index contributed by atoms with van der Waals surface area (Å²) in [5.74, 6) is 1.33. The Morgan fingerprint density at radius 3 is 2.58 bits per heavy atom. The second-order valence-corrected chi connectivity index (χ2v) is 7.87. The van der Waals surface area contributed by atoms with Crippen molar-refractivity contribution in [2.45, 2.75) is 31.2 Å². The molecule has 2 aliphatic rings. The van der Waals surface area contributed by atoms with Crippen molar-refractivity contribution in [2.24, 2.45) is 5.92 Å².